The molecule has 0 aromatic carbocycles. The highest BCUT2D eigenvalue weighted by Crippen LogP contribution is 2.29. The molecule has 0 unspecified atom stereocenters. The Kier molecular flexibility index (Phi) is 3.07. The number of carbonyl (C=O) groups is 1. The van der Waals surface area contributed by atoms with Crippen LogP contribution < -0.4 is 0 Å². The van der Waals surface area contributed by atoms with Gasteiger partial charge >= 0.3 is 5.97 Å². The second-order valence-corrected chi connectivity index (χ2v) is 5.35. The van der Waals surface area contributed by atoms with E-state index in [0.717, 1.165) is 32.4 Å². The number of nitrogens with zero attached hydrogens (tertiary/aromatic N) is 2. The van der Waals surface area contributed by atoms with E-state index in [0.29, 0.717) is 5.92 Å². The molecule has 5 nitrogen and oxygen atoms in total. The lowest BCUT2D eigenvalue weighted by Gasteiger charge is -2.34. The summed E-state index contributed by atoms with van der Waals surface area (Å²) in [6.45, 7) is 3.89. The molecular formula is C13H19N3O2. The molecule has 3 rings (SSSR count). The fraction of sp³-hybridized carbons (Fsp3) is 0.692. The summed E-state index contributed by atoms with van der Waals surface area (Å²) in [5.41, 5.74) is 1.18. The number of ether oxygens (including phenoxy) is 1. The van der Waals surface area contributed by atoms with Crippen molar-refractivity contribution in [1.82, 2.24) is 15.1 Å². The Bertz CT molecular complexity index is 418. The molecule has 3 atom stereocenters. The number of hydrogen-bond donors (Lipinski definition) is 1. The number of piperidine rings is 1. The molecule has 1 aromatic rings. The third-order valence-electron chi connectivity index (χ3n) is 4.00. The van der Waals surface area contributed by atoms with Crippen molar-refractivity contribution in [1.29, 1.82) is 0 Å². The van der Waals surface area contributed by atoms with Crippen molar-refractivity contribution in [2.75, 3.05) is 13.1 Å². The summed E-state index contributed by atoms with van der Waals surface area (Å²) >= 11 is 0. The van der Waals surface area contributed by atoms with E-state index in [1.165, 1.54) is 5.69 Å². The topological polar surface area (TPSA) is 58.2 Å². The first-order valence-corrected chi connectivity index (χ1v) is 6.68. The maximum absolute atomic E-state index is 11.8. The van der Waals surface area contributed by atoms with Gasteiger partial charge in [0.25, 0.3) is 0 Å². The second kappa shape index (κ2) is 4.72. The Morgan fingerprint density at radius 2 is 2.44 bits per heavy atom. The minimum absolute atomic E-state index is 0.0364. The molecule has 0 radical (unpaired) electrons. The second-order valence-electron chi connectivity index (χ2n) is 5.35. The molecule has 2 saturated heterocycles. The largest absolute Gasteiger partial charge is 0.461 e. The number of cyclic esters (lactones) is 1. The Hall–Kier alpha value is -1.36. The van der Waals surface area contributed by atoms with Gasteiger partial charge in [0.2, 0.25) is 0 Å². The molecule has 98 valence electrons. The molecule has 0 saturated carbocycles. The van der Waals surface area contributed by atoms with E-state index < -0.39 is 0 Å². The van der Waals surface area contributed by atoms with Crippen molar-refractivity contribution in [2.24, 2.45) is 0 Å². The molecule has 1 N–H and O–H groups in total. The number of rotatable bonds is 2. The van der Waals surface area contributed by atoms with Crippen molar-refractivity contribution in [3.05, 3.63) is 18.0 Å². The van der Waals surface area contributed by atoms with Gasteiger partial charge in [0, 0.05) is 30.8 Å². The highest BCUT2D eigenvalue weighted by Gasteiger charge is 2.38. The van der Waals surface area contributed by atoms with Crippen molar-refractivity contribution < 1.29 is 9.53 Å². The lowest BCUT2D eigenvalue weighted by atomic mass is 9.93. The molecule has 0 spiro atoms. The molecule has 5 heteroatoms. The van der Waals surface area contributed by atoms with Gasteiger partial charge in [-0.25, -0.2) is 0 Å². The van der Waals surface area contributed by atoms with E-state index >= 15 is 0 Å². The van der Waals surface area contributed by atoms with Gasteiger partial charge in [-0.05, 0) is 32.4 Å². The predicted molar refractivity (Wildman–Crippen MR) is 66.1 cm³/mol. The average molecular weight is 249 g/mol. The van der Waals surface area contributed by atoms with E-state index in [-0.39, 0.29) is 18.1 Å². The van der Waals surface area contributed by atoms with Crippen LogP contribution in [-0.4, -0.2) is 46.3 Å². The molecular weight excluding hydrogens is 230 g/mol. The Labute approximate surface area is 107 Å². The van der Waals surface area contributed by atoms with Gasteiger partial charge in [-0.1, -0.05) is 0 Å². The number of aromatic nitrogens is 2. The van der Waals surface area contributed by atoms with Crippen LogP contribution in [0.5, 0.6) is 0 Å². The lowest BCUT2D eigenvalue weighted by Crippen LogP contribution is -2.44. The average Bonchev–Trinajstić information content (AvgIpc) is 2.99. The fourth-order valence-corrected chi connectivity index (χ4v) is 3.07. The fourth-order valence-electron chi connectivity index (χ4n) is 3.07. The van der Waals surface area contributed by atoms with Gasteiger partial charge in [0.15, 0.2) is 0 Å². The Morgan fingerprint density at radius 1 is 1.56 bits per heavy atom. The standard InChI is InChI=1S/C13H19N3O2/c1-9-7-12(13(17)18-9)16-6-2-3-10(8-16)11-4-5-14-15-11/h4-5,9-10,12H,2-3,6-8H2,1H3,(H,14,15)/t9-,10-,12+/m1/s1. The van der Waals surface area contributed by atoms with Crippen molar-refractivity contribution in [3.8, 4) is 0 Å². The lowest BCUT2D eigenvalue weighted by molar-refractivity contribution is -0.145. The first-order valence-electron chi connectivity index (χ1n) is 6.68. The summed E-state index contributed by atoms with van der Waals surface area (Å²) in [5.74, 6) is 0.415. The van der Waals surface area contributed by atoms with Crippen molar-refractivity contribution in [2.45, 2.75) is 44.2 Å². The van der Waals surface area contributed by atoms with Gasteiger partial charge in [-0.3, -0.25) is 14.8 Å². The number of hydrogen-bond acceptors (Lipinski definition) is 4. The highest BCUT2D eigenvalue weighted by atomic mass is 16.6. The van der Waals surface area contributed by atoms with E-state index in [1.807, 2.05) is 13.0 Å². The summed E-state index contributed by atoms with van der Waals surface area (Å²) in [4.78, 5) is 14.1. The smallest absolute Gasteiger partial charge is 0.323 e. The van der Waals surface area contributed by atoms with Crippen LogP contribution in [-0.2, 0) is 9.53 Å². The van der Waals surface area contributed by atoms with E-state index in [9.17, 15) is 4.79 Å². The predicted octanol–water partition coefficient (Wildman–Crippen LogP) is 1.29. The van der Waals surface area contributed by atoms with Gasteiger partial charge in [0.1, 0.15) is 12.1 Å². The van der Waals surface area contributed by atoms with E-state index in [4.69, 9.17) is 4.74 Å². The van der Waals surface area contributed by atoms with Crippen LogP contribution in [0, 0.1) is 0 Å². The van der Waals surface area contributed by atoms with Crippen LogP contribution in [0.15, 0.2) is 12.3 Å². The van der Waals surface area contributed by atoms with Gasteiger partial charge in [-0.2, -0.15) is 5.10 Å². The van der Waals surface area contributed by atoms with Gasteiger partial charge in [-0.15, -0.1) is 0 Å². The van der Waals surface area contributed by atoms with Crippen LogP contribution in [0.1, 0.15) is 37.8 Å². The monoisotopic (exact) mass is 249 g/mol. The summed E-state index contributed by atoms with van der Waals surface area (Å²) in [5, 5.41) is 7.06. The van der Waals surface area contributed by atoms with Crippen LogP contribution in [0.4, 0.5) is 0 Å². The quantitative estimate of drug-likeness (QED) is 0.802. The summed E-state index contributed by atoms with van der Waals surface area (Å²) < 4.78 is 5.25. The molecule has 0 bridgehead atoms. The first kappa shape index (κ1) is 11.7. The first-order chi connectivity index (χ1) is 8.74. The molecule has 1 aromatic heterocycles. The molecule has 0 aliphatic carbocycles. The molecule has 2 fully saturated rings. The Balaban J connectivity index is 1.69. The number of esters is 1. The maximum Gasteiger partial charge on any atom is 0.323 e. The number of nitrogens with one attached hydrogen (secondary N) is 1. The van der Waals surface area contributed by atoms with Gasteiger partial charge in [0.05, 0.1) is 0 Å². The van der Waals surface area contributed by atoms with Crippen molar-refractivity contribution in [3.63, 3.8) is 0 Å². The minimum Gasteiger partial charge on any atom is -0.461 e. The molecule has 2 aliphatic rings. The van der Waals surface area contributed by atoms with Gasteiger partial charge < -0.3 is 4.74 Å². The highest BCUT2D eigenvalue weighted by molar-refractivity contribution is 5.78. The van der Waals surface area contributed by atoms with Crippen LogP contribution >= 0.6 is 0 Å². The third kappa shape index (κ3) is 2.14. The third-order valence-corrected chi connectivity index (χ3v) is 4.00. The summed E-state index contributed by atoms with van der Waals surface area (Å²) in [6, 6.07) is 2.00. The zero-order chi connectivity index (χ0) is 12.5. The summed E-state index contributed by atoms with van der Waals surface area (Å²) in [7, 11) is 0. The maximum atomic E-state index is 11.8. The molecule has 3 heterocycles. The minimum atomic E-state index is -0.0484. The zero-order valence-corrected chi connectivity index (χ0v) is 10.6. The number of H-pyrrole nitrogens is 1. The molecule has 2 aliphatic heterocycles. The number of carbonyl (C=O) groups excluding carboxylic acids is 1. The summed E-state index contributed by atoms with van der Waals surface area (Å²) in [6.07, 6.45) is 4.97. The number of likely N-dealkylation sites (tertiary alicyclic amines) is 1. The van der Waals surface area contributed by atoms with Crippen molar-refractivity contribution >= 4 is 5.97 Å². The van der Waals surface area contributed by atoms with Crippen LogP contribution in [0.25, 0.3) is 0 Å². The molecule has 0 amide bonds. The molecule has 18 heavy (non-hydrogen) atoms. The Morgan fingerprint density at radius 3 is 3.11 bits per heavy atom. The SMILES string of the molecule is C[C@@H]1C[C@H](N2CCC[C@@H](c3ccn[nH]3)C2)C(=O)O1. The number of aromatic amines is 1. The van der Waals surface area contributed by atoms with E-state index in [1.54, 1.807) is 6.20 Å². The normalized spacial score (nSPS) is 33.6. The van der Waals surface area contributed by atoms with Crippen LogP contribution in [0.2, 0.25) is 0 Å². The zero-order valence-electron chi connectivity index (χ0n) is 10.6. The van der Waals surface area contributed by atoms with Crippen LogP contribution in [0.3, 0.4) is 0 Å². The van der Waals surface area contributed by atoms with E-state index in [2.05, 4.69) is 15.1 Å².